The van der Waals surface area contributed by atoms with Crippen molar-refractivity contribution < 1.29 is 23.6 Å². The van der Waals surface area contributed by atoms with Crippen molar-refractivity contribution in [2.45, 2.75) is 6.92 Å². The zero-order chi connectivity index (χ0) is 22.4. The van der Waals surface area contributed by atoms with Crippen LogP contribution in [0.15, 0.2) is 45.9 Å². The lowest BCUT2D eigenvalue weighted by Gasteiger charge is -2.12. The Hall–Kier alpha value is -4.03. The summed E-state index contributed by atoms with van der Waals surface area (Å²) in [7, 11) is 0. The number of nitro benzene ring substituents is 1. The van der Waals surface area contributed by atoms with Crippen molar-refractivity contribution in [1.29, 1.82) is 0 Å². The number of ether oxygens (including phenoxy) is 2. The Bertz CT molecular complexity index is 1210. The number of fused-ring (bicyclic) bond motifs is 1. The zero-order valence-corrected chi connectivity index (χ0v) is 17.0. The second kappa shape index (κ2) is 9.65. The number of carbonyl (C=O) groups excluding carboxylic acids is 1. The van der Waals surface area contributed by atoms with Gasteiger partial charge in [0.1, 0.15) is 12.2 Å². The van der Waals surface area contributed by atoms with Crippen molar-refractivity contribution in [1.82, 2.24) is 5.43 Å². The number of hydrogen-bond donors (Lipinski definition) is 1. The van der Waals surface area contributed by atoms with Crippen LogP contribution < -0.4 is 14.9 Å². The van der Waals surface area contributed by atoms with E-state index in [1.807, 2.05) is 6.92 Å². The summed E-state index contributed by atoms with van der Waals surface area (Å²) < 4.78 is 16.3. The molecule has 2 aromatic carbocycles. The number of carbonyl (C=O) groups is 1. The van der Waals surface area contributed by atoms with E-state index in [0.29, 0.717) is 34.6 Å². The van der Waals surface area contributed by atoms with Crippen LogP contribution in [0.25, 0.3) is 11.0 Å². The maximum Gasteiger partial charge on any atom is 0.307 e. The molecule has 0 unspecified atom stereocenters. The molecular weight excluding hydrogens is 426 g/mol. The second-order valence-electron chi connectivity index (χ2n) is 6.04. The van der Waals surface area contributed by atoms with Gasteiger partial charge in [0.2, 0.25) is 0 Å². The second-order valence-corrected chi connectivity index (χ2v) is 6.45. The molecule has 1 amide bonds. The third-order valence-electron chi connectivity index (χ3n) is 3.95. The summed E-state index contributed by atoms with van der Waals surface area (Å²) in [6, 6.07) is 8.65. The molecule has 0 aliphatic heterocycles. The minimum atomic E-state index is -0.625. The van der Waals surface area contributed by atoms with Gasteiger partial charge in [0.05, 0.1) is 22.8 Å². The van der Waals surface area contributed by atoms with Gasteiger partial charge in [-0.05, 0) is 36.8 Å². The lowest BCUT2D eigenvalue weighted by Crippen LogP contribution is -2.16. The number of hydrogen-bond acceptors (Lipinski definition) is 7. The first-order chi connectivity index (χ1) is 14.9. The number of nitrogens with one attached hydrogen (secondary N) is 1. The van der Waals surface area contributed by atoms with Crippen LogP contribution in [0, 0.1) is 22.5 Å². The lowest BCUT2D eigenvalue weighted by atomic mass is 10.2. The van der Waals surface area contributed by atoms with Gasteiger partial charge in [0, 0.05) is 17.5 Å². The minimum absolute atomic E-state index is 0.0317. The normalized spacial score (nSPS) is 10.7. The number of terminal acetylenes is 1. The highest BCUT2D eigenvalue weighted by molar-refractivity contribution is 6.32. The Labute approximate surface area is 181 Å². The van der Waals surface area contributed by atoms with Gasteiger partial charge >= 0.3 is 5.91 Å². The van der Waals surface area contributed by atoms with Crippen LogP contribution in [0.1, 0.15) is 23.0 Å². The van der Waals surface area contributed by atoms with Crippen LogP contribution in [0.3, 0.4) is 0 Å². The summed E-state index contributed by atoms with van der Waals surface area (Å²) in [6.07, 6.45) is 6.58. The molecule has 3 rings (SSSR count). The van der Waals surface area contributed by atoms with E-state index in [-0.39, 0.29) is 23.1 Å². The van der Waals surface area contributed by atoms with Gasteiger partial charge in [-0.25, -0.2) is 5.43 Å². The van der Waals surface area contributed by atoms with Crippen molar-refractivity contribution in [3.63, 3.8) is 0 Å². The largest absolute Gasteiger partial charge is 0.490 e. The molecule has 1 heterocycles. The summed E-state index contributed by atoms with van der Waals surface area (Å²) in [5.41, 5.74) is 3.11. The fourth-order valence-corrected chi connectivity index (χ4v) is 2.93. The van der Waals surface area contributed by atoms with Crippen molar-refractivity contribution in [3.05, 3.63) is 62.9 Å². The van der Waals surface area contributed by atoms with Crippen LogP contribution >= 0.6 is 11.6 Å². The third-order valence-corrected chi connectivity index (χ3v) is 4.23. The average Bonchev–Trinajstić information content (AvgIpc) is 3.17. The van der Waals surface area contributed by atoms with E-state index in [1.165, 1.54) is 30.5 Å². The van der Waals surface area contributed by atoms with E-state index in [2.05, 4.69) is 16.4 Å². The molecule has 0 aliphatic rings. The third kappa shape index (κ3) is 5.12. The summed E-state index contributed by atoms with van der Waals surface area (Å²) in [5, 5.41) is 15.5. The van der Waals surface area contributed by atoms with Crippen LogP contribution in [-0.4, -0.2) is 30.3 Å². The van der Waals surface area contributed by atoms with E-state index in [0.717, 1.165) is 0 Å². The molecule has 0 aliphatic carbocycles. The van der Waals surface area contributed by atoms with E-state index >= 15 is 0 Å². The molecule has 1 aromatic heterocycles. The molecule has 3 aromatic rings. The number of furan rings is 1. The van der Waals surface area contributed by atoms with Crippen LogP contribution in [-0.2, 0) is 0 Å². The average molecular weight is 442 g/mol. The molecule has 0 saturated heterocycles. The first-order valence-corrected chi connectivity index (χ1v) is 9.34. The molecule has 10 heteroatoms. The van der Waals surface area contributed by atoms with Crippen LogP contribution in [0.2, 0.25) is 5.02 Å². The quantitative estimate of drug-likeness (QED) is 0.243. The molecular formula is C21H16ClN3O6. The molecule has 0 saturated carbocycles. The van der Waals surface area contributed by atoms with E-state index in [9.17, 15) is 14.9 Å². The Kier molecular flexibility index (Phi) is 6.74. The number of non-ortho nitro benzene ring substituents is 1. The van der Waals surface area contributed by atoms with Gasteiger partial charge in [-0.15, -0.1) is 6.42 Å². The number of amides is 1. The highest BCUT2D eigenvalue weighted by Gasteiger charge is 2.15. The molecule has 1 N–H and O–H groups in total. The lowest BCUT2D eigenvalue weighted by molar-refractivity contribution is -0.384. The van der Waals surface area contributed by atoms with Crippen LogP contribution in [0.5, 0.6) is 11.5 Å². The highest BCUT2D eigenvalue weighted by Crippen LogP contribution is 2.36. The number of hydrazone groups is 1. The van der Waals surface area contributed by atoms with Gasteiger partial charge in [0.25, 0.3) is 5.69 Å². The number of nitro groups is 1. The molecule has 9 nitrogen and oxygen atoms in total. The number of halogens is 1. The fourth-order valence-electron chi connectivity index (χ4n) is 2.66. The summed E-state index contributed by atoms with van der Waals surface area (Å²) in [4.78, 5) is 22.6. The van der Waals surface area contributed by atoms with Crippen molar-refractivity contribution in [2.75, 3.05) is 13.2 Å². The van der Waals surface area contributed by atoms with Crippen LogP contribution in [0.4, 0.5) is 5.69 Å². The molecule has 0 fully saturated rings. The van der Waals surface area contributed by atoms with Gasteiger partial charge in [-0.2, -0.15) is 5.10 Å². The van der Waals surface area contributed by atoms with Gasteiger partial charge in [-0.1, -0.05) is 17.5 Å². The zero-order valence-electron chi connectivity index (χ0n) is 16.3. The predicted molar refractivity (Wildman–Crippen MR) is 115 cm³/mol. The molecule has 0 radical (unpaired) electrons. The number of rotatable bonds is 8. The number of benzene rings is 2. The smallest absolute Gasteiger partial charge is 0.307 e. The summed E-state index contributed by atoms with van der Waals surface area (Å²) in [6.45, 7) is 2.22. The molecule has 0 spiro atoms. The highest BCUT2D eigenvalue weighted by atomic mass is 35.5. The van der Waals surface area contributed by atoms with E-state index in [1.54, 1.807) is 12.1 Å². The SMILES string of the molecule is C#CCOc1c(Cl)cc(/C=N\NC(=O)c2cc3cc([N+](=O)[O-])ccc3o2)cc1OCC. The standard InChI is InChI=1S/C21H16ClN3O6/c1-3-7-30-20-16(22)8-13(9-18(20)29-4-2)12-23-24-21(26)19-11-14-10-15(25(27)28)5-6-17(14)31-19/h1,5-6,8-12H,4,7H2,2H3,(H,24,26)/b23-12-. The van der Waals surface area contributed by atoms with E-state index < -0.39 is 10.8 Å². The first-order valence-electron chi connectivity index (χ1n) is 8.97. The monoisotopic (exact) mass is 441 g/mol. The summed E-state index contributed by atoms with van der Waals surface area (Å²) >= 11 is 6.24. The summed E-state index contributed by atoms with van der Waals surface area (Å²) in [5.74, 6) is 2.39. The van der Waals surface area contributed by atoms with E-state index in [4.69, 9.17) is 31.9 Å². The molecule has 0 atom stereocenters. The van der Waals surface area contributed by atoms with Gasteiger partial charge < -0.3 is 13.9 Å². The number of nitrogens with zero attached hydrogens (tertiary/aromatic N) is 2. The topological polar surface area (TPSA) is 116 Å². The Morgan fingerprint density at radius 1 is 1.35 bits per heavy atom. The first kappa shape index (κ1) is 21.7. The maximum absolute atomic E-state index is 12.3. The Morgan fingerprint density at radius 3 is 2.87 bits per heavy atom. The molecule has 158 valence electrons. The minimum Gasteiger partial charge on any atom is -0.490 e. The predicted octanol–water partition coefficient (Wildman–Crippen LogP) is 4.17. The van der Waals surface area contributed by atoms with Gasteiger partial charge in [-0.3, -0.25) is 14.9 Å². The molecule has 0 bridgehead atoms. The maximum atomic E-state index is 12.3. The fraction of sp³-hybridized carbons (Fsp3) is 0.143. The van der Waals surface area contributed by atoms with Crippen molar-refractivity contribution in [3.8, 4) is 23.8 Å². The van der Waals surface area contributed by atoms with Gasteiger partial charge in [0.15, 0.2) is 17.3 Å². The Balaban J connectivity index is 1.75. The molecule has 31 heavy (non-hydrogen) atoms. The Morgan fingerprint density at radius 2 is 2.16 bits per heavy atom. The van der Waals surface area contributed by atoms with Crippen molar-refractivity contribution in [2.24, 2.45) is 5.10 Å². The van der Waals surface area contributed by atoms with Crippen molar-refractivity contribution >= 4 is 40.4 Å².